The third-order valence-electron chi connectivity index (χ3n) is 9.92. The largest absolute Gasteiger partial charge is 0.344 e. The number of aromatic nitrogens is 3. The maximum absolute atomic E-state index is 5.36. The molecule has 1 unspecified atom stereocenters. The van der Waals surface area contributed by atoms with Gasteiger partial charge in [0, 0.05) is 44.7 Å². The first-order valence-corrected chi connectivity index (χ1v) is 17.8. The molecule has 1 N–H and O–H groups in total. The van der Waals surface area contributed by atoms with Gasteiger partial charge in [0.1, 0.15) is 17.8 Å². The molecule has 10 rings (SSSR count). The van der Waals surface area contributed by atoms with E-state index in [9.17, 15) is 0 Å². The van der Waals surface area contributed by atoms with Crippen LogP contribution in [0.25, 0.3) is 60.9 Å². The molecule has 1 aliphatic heterocycles. The first-order chi connectivity index (χ1) is 26.3. The Morgan fingerprint density at radius 2 is 1.04 bits per heavy atom. The fraction of sp³-hybridized carbons (Fsp3) is 0.0213. The lowest BCUT2D eigenvalue weighted by molar-refractivity contribution is 0.674. The monoisotopic (exact) mass is 680 g/mol. The molecule has 6 nitrogen and oxygen atoms in total. The zero-order chi connectivity index (χ0) is 35.1. The number of benzene rings is 7. The number of aliphatic imine (C=N–C) groups is 2. The van der Waals surface area contributed by atoms with E-state index in [-0.39, 0.29) is 6.17 Å². The highest BCUT2D eigenvalue weighted by Crippen LogP contribution is 2.38. The van der Waals surface area contributed by atoms with E-state index in [2.05, 4.69) is 137 Å². The SMILES string of the molecule is c1ccc(C2=NC(c3ccccc3)NC(c3ccc(-c4ccc(-c5nc6c7ccccc7c7ncccc7c6n5-c5ccccc5)cc4)cc3)=N2)cc1. The van der Waals surface area contributed by atoms with E-state index in [1.165, 1.54) is 0 Å². The molecule has 53 heavy (non-hydrogen) atoms. The van der Waals surface area contributed by atoms with Crippen LogP contribution in [-0.4, -0.2) is 26.2 Å². The number of hydrogen-bond acceptors (Lipinski definition) is 5. The predicted octanol–water partition coefficient (Wildman–Crippen LogP) is 10.6. The normalized spacial score (nSPS) is 14.2. The van der Waals surface area contributed by atoms with Crippen molar-refractivity contribution in [2.45, 2.75) is 6.17 Å². The van der Waals surface area contributed by atoms with E-state index in [0.29, 0.717) is 5.84 Å². The Morgan fingerprint density at radius 3 is 1.74 bits per heavy atom. The lowest BCUT2D eigenvalue weighted by Gasteiger charge is -2.23. The van der Waals surface area contributed by atoms with E-state index in [1.807, 2.05) is 54.7 Å². The van der Waals surface area contributed by atoms with Gasteiger partial charge < -0.3 is 5.32 Å². The molecule has 0 bridgehead atoms. The minimum Gasteiger partial charge on any atom is -0.344 e. The summed E-state index contributed by atoms with van der Waals surface area (Å²) in [7, 11) is 0. The zero-order valence-corrected chi connectivity index (χ0v) is 28.6. The Hall–Kier alpha value is -7.18. The lowest BCUT2D eigenvalue weighted by atomic mass is 10.0. The van der Waals surface area contributed by atoms with Crippen LogP contribution in [0.5, 0.6) is 0 Å². The molecule has 0 spiro atoms. The molecule has 0 aliphatic carbocycles. The zero-order valence-electron chi connectivity index (χ0n) is 28.6. The van der Waals surface area contributed by atoms with Crippen molar-refractivity contribution < 1.29 is 0 Å². The number of imidazole rings is 1. The van der Waals surface area contributed by atoms with Gasteiger partial charge in [-0.25, -0.2) is 15.0 Å². The quantitative estimate of drug-likeness (QED) is 0.178. The molecule has 6 heteroatoms. The van der Waals surface area contributed by atoms with Crippen LogP contribution in [0.2, 0.25) is 0 Å². The second-order valence-corrected chi connectivity index (χ2v) is 13.1. The van der Waals surface area contributed by atoms with Crippen molar-refractivity contribution in [2.75, 3.05) is 0 Å². The number of nitrogens with one attached hydrogen (secondary N) is 1. The summed E-state index contributed by atoms with van der Waals surface area (Å²) < 4.78 is 2.28. The van der Waals surface area contributed by atoms with Crippen LogP contribution >= 0.6 is 0 Å². The second-order valence-electron chi connectivity index (χ2n) is 13.1. The average Bonchev–Trinajstić information content (AvgIpc) is 3.66. The van der Waals surface area contributed by atoms with E-state index in [1.54, 1.807) is 0 Å². The number of pyridine rings is 1. The number of para-hydroxylation sites is 1. The third-order valence-corrected chi connectivity index (χ3v) is 9.92. The van der Waals surface area contributed by atoms with Gasteiger partial charge in [0.15, 0.2) is 5.84 Å². The molecule has 250 valence electrons. The molecule has 3 heterocycles. The van der Waals surface area contributed by atoms with Crippen molar-refractivity contribution in [1.82, 2.24) is 19.9 Å². The molecule has 2 aromatic heterocycles. The van der Waals surface area contributed by atoms with E-state index >= 15 is 0 Å². The Labute approximate surface area is 306 Å². The van der Waals surface area contributed by atoms with Crippen molar-refractivity contribution in [1.29, 1.82) is 0 Å². The van der Waals surface area contributed by atoms with E-state index in [0.717, 1.165) is 83.4 Å². The van der Waals surface area contributed by atoms with Crippen molar-refractivity contribution in [3.05, 3.63) is 199 Å². The summed E-state index contributed by atoms with van der Waals surface area (Å²) in [6.07, 6.45) is 1.63. The summed E-state index contributed by atoms with van der Waals surface area (Å²) in [4.78, 5) is 20.1. The van der Waals surface area contributed by atoms with Crippen LogP contribution in [-0.2, 0) is 0 Å². The molecule has 0 radical (unpaired) electrons. The van der Waals surface area contributed by atoms with Crippen molar-refractivity contribution >= 4 is 44.4 Å². The molecule has 0 fully saturated rings. The fourth-order valence-corrected chi connectivity index (χ4v) is 7.34. The maximum atomic E-state index is 5.36. The highest BCUT2D eigenvalue weighted by molar-refractivity contribution is 6.23. The highest BCUT2D eigenvalue weighted by atomic mass is 15.2. The summed E-state index contributed by atoms with van der Waals surface area (Å²) in [5.74, 6) is 2.40. The van der Waals surface area contributed by atoms with Crippen LogP contribution in [0.3, 0.4) is 0 Å². The van der Waals surface area contributed by atoms with Crippen molar-refractivity contribution in [2.24, 2.45) is 9.98 Å². The predicted molar refractivity (Wildman–Crippen MR) is 217 cm³/mol. The van der Waals surface area contributed by atoms with E-state index < -0.39 is 0 Å². The minimum absolute atomic E-state index is 0.238. The number of nitrogens with zero attached hydrogens (tertiary/aromatic N) is 5. The van der Waals surface area contributed by atoms with Crippen LogP contribution in [0.1, 0.15) is 22.9 Å². The van der Waals surface area contributed by atoms with Crippen molar-refractivity contribution in [3.8, 4) is 28.2 Å². The Bertz CT molecular complexity index is 2820. The molecular weight excluding hydrogens is 649 g/mol. The smallest absolute Gasteiger partial charge is 0.159 e. The van der Waals surface area contributed by atoms with Crippen LogP contribution in [0, 0.1) is 0 Å². The Balaban J connectivity index is 1.02. The fourth-order valence-electron chi connectivity index (χ4n) is 7.34. The summed E-state index contributed by atoms with van der Waals surface area (Å²) in [5.41, 5.74) is 10.4. The van der Waals surface area contributed by atoms with Gasteiger partial charge in [-0.2, -0.15) is 0 Å². The first kappa shape index (κ1) is 30.6. The van der Waals surface area contributed by atoms with Gasteiger partial charge in [-0.05, 0) is 41.0 Å². The van der Waals surface area contributed by atoms with Gasteiger partial charge in [0.05, 0.1) is 16.6 Å². The standard InChI is InChI=1S/C47H32N6/c1-4-13-33(14-5-1)44-50-45(34-15-6-2-7-16-34)52-46(51-44)35-26-22-31(23-27-35)32-24-28-36(29-25-32)47-49-42-39-20-11-10-19-38(39)41-40(21-12-30-48-41)43(42)53(47)37-17-8-3-9-18-37/h1-30,44H,(H,50,51,52). The van der Waals surface area contributed by atoms with Crippen LogP contribution < -0.4 is 5.32 Å². The van der Waals surface area contributed by atoms with Crippen molar-refractivity contribution in [3.63, 3.8) is 0 Å². The van der Waals surface area contributed by atoms with Gasteiger partial charge in [-0.1, -0.05) is 152 Å². The third kappa shape index (κ3) is 5.45. The molecule has 0 saturated carbocycles. The minimum atomic E-state index is -0.238. The number of amidine groups is 2. The van der Waals surface area contributed by atoms with Gasteiger partial charge in [0.2, 0.25) is 0 Å². The molecule has 1 atom stereocenters. The van der Waals surface area contributed by atoms with Crippen LogP contribution in [0.15, 0.2) is 192 Å². The topological polar surface area (TPSA) is 67.5 Å². The number of rotatable bonds is 6. The Morgan fingerprint density at radius 1 is 0.472 bits per heavy atom. The van der Waals surface area contributed by atoms with Gasteiger partial charge >= 0.3 is 0 Å². The highest BCUT2D eigenvalue weighted by Gasteiger charge is 2.22. The molecule has 7 aromatic carbocycles. The molecule has 0 amide bonds. The molecular formula is C47H32N6. The number of fused-ring (bicyclic) bond motifs is 6. The number of hydrogen-bond donors (Lipinski definition) is 1. The van der Waals surface area contributed by atoms with Gasteiger partial charge in [0.25, 0.3) is 0 Å². The summed E-state index contributed by atoms with van der Waals surface area (Å²) >= 11 is 0. The van der Waals surface area contributed by atoms with Gasteiger partial charge in [-0.15, -0.1) is 0 Å². The van der Waals surface area contributed by atoms with Crippen LogP contribution in [0.4, 0.5) is 0 Å². The van der Waals surface area contributed by atoms with E-state index in [4.69, 9.17) is 20.0 Å². The molecule has 9 aromatic rings. The maximum Gasteiger partial charge on any atom is 0.159 e. The first-order valence-electron chi connectivity index (χ1n) is 17.8. The van der Waals surface area contributed by atoms with Gasteiger partial charge in [-0.3, -0.25) is 9.55 Å². The average molecular weight is 681 g/mol. The lowest BCUT2D eigenvalue weighted by Crippen LogP contribution is -2.33. The summed E-state index contributed by atoms with van der Waals surface area (Å²) in [6.45, 7) is 0. The summed E-state index contributed by atoms with van der Waals surface area (Å²) in [6, 6.07) is 60.8. The molecule has 1 aliphatic rings. The Kier molecular flexibility index (Phi) is 7.43. The second kappa shape index (κ2) is 12.9. The summed E-state index contributed by atoms with van der Waals surface area (Å²) in [5, 5.41) is 6.85. The molecule has 0 saturated heterocycles.